The number of carbonyl (C=O) groups is 3. The quantitative estimate of drug-likeness (QED) is 0.597. The molecule has 0 saturated carbocycles. The van der Waals surface area contributed by atoms with Gasteiger partial charge >= 0.3 is 0 Å². The van der Waals surface area contributed by atoms with Crippen LogP contribution in [-0.4, -0.2) is 40.5 Å². The zero-order chi connectivity index (χ0) is 20.2. The van der Waals surface area contributed by atoms with Gasteiger partial charge < -0.3 is 9.80 Å². The molecule has 0 aromatic heterocycles. The molecule has 2 aromatic rings. The third-order valence-corrected chi connectivity index (χ3v) is 5.58. The first kappa shape index (κ1) is 19.1. The predicted molar refractivity (Wildman–Crippen MR) is 110 cm³/mol. The molecule has 0 unspecified atom stereocenters. The number of carbonyl (C=O) groups excluding carboxylic acids is 3. The first-order valence-electron chi connectivity index (χ1n) is 10.0. The van der Waals surface area contributed by atoms with Gasteiger partial charge in [-0.1, -0.05) is 60.7 Å². The second kappa shape index (κ2) is 8.43. The average molecular weight is 388 g/mol. The Balaban J connectivity index is 1.49. The van der Waals surface area contributed by atoms with E-state index in [4.69, 9.17) is 0 Å². The minimum Gasteiger partial charge on any atom is -0.338 e. The molecule has 2 aliphatic rings. The fourth-order valence-corrected chi connectivity index (χ4v) is 4.01. The monoisotopic (exact) mass is 388 g/mol. The van der Waals surface area contributed by atoms with Gasteiger partial charge in [0.1, 0.15) is 0 Å². The number of Topliss-reactive ketones (excluding diaryl/α,β-unsaturated/α-hetero) is 1. The molecule has 2 amide bonds. The number of hydrogen-bond acceptors (Lipinski definition) is 3. The van der Waals surface area contributed by atoms with Gasteiger partial charge in [0, 0.05) is 39.0 Å². The number of piperidine rings is 2. The van der Waals surface area contributed by atoms with E-state index in [1.165, 1.54) is 0 Å². The maximum atomic E-state index is 13.0. The third-order valence-electron chi connectivity index (χ3n) is 5.58. The molecule has 2 aromatic carbocycles. The smallest absolute Gasteiger partial charge is 0.257 e. The van der Waals surface area contributed by atoms with Crippen LogP contribution in [0, 0.1) is 0 Å². The van der Waals surface area contributed by atoms with E-state index >= 15 is 0 Å². The zero-order valence-corrected chi connectivity index (χ0v) is 16.3. The summed E-state index contributed by atoms with van der Waals surface area (Å²) in [6.07, 6.45) is 1.04. The summed E-state index contributed by atoms with van der Waals surface area (Å²) in [5.41, 5.74) is 3.07. The molecule has 0 bridgehead atoms. The van der Waals surface area contributed by atoms with Crippen molar-refractivity contribution in [3.05, 3.63) is 82.9 Å². The summed E-state index contributed by atoms with van der Waals surface area (Å²) in [7, 11) is 0. The van der Waals surface area contributed by atoms with E-state index in [-0.39, 0.29) is 29.6 Å². The Bertz CT molecular complexity index is 951. The normalized spacial score (nSPS) is 20.3. The Hall–Kier alpha value is -3.21. The van der Waals surface area contributed by atoms with Crippen LogP contribution in [0.25, 0.3) is 0 Å². The molecule has 2 aliphatic heterocycles. The molecule has 2 saturated heterocycles. The van der Waals surface area contributed by atoms with Gasteiger partial charge in [0.2, 0.25) is 5.91 Å². The SMILES string of the molecule is O=C1CCN(Cc2ccccc2)C(=O)/C1=C1\CCN(Cc2ccccc2)C(=O)C1. The summed E-state index contributed by atoms with van der Waals surface area (Å²) in [5.74, 6) is -0.383. The van der Waals surface area contributed by atoms with Crippen molar-refractivity contribution in [2.45, 2.75) is 32.4 Å². The summed E-state index contributed by atoms with van der Waals surface area (Å²) >= 11 is 0. The van der Waals surface area contributed by atoms with Crippen LogP contribution in [0.1, 0.15) is 30.4 Å². The Labute approximate surface area is 170 Å². The van der Waals surface area contributed by atoms with Gasteiger partial charge in [-0.3, -0.25) is 14.4 Å². The Morgan fingerprint density at radius 2 is 1.24 bits per heavy atom. The highest BCUT2D eigenvalue weighted by atomic mass is 16.2. The van der Waals surface area contributed by atoms with Gasteiger partial charge in [0.15, 0.2) is 5.78 Å². The van der Waals surface area contributed by atoms with Crippen molar-refractivity contribution in [2.24, 2.45) is 0 Å². The van der Waals surface area contributed by atoms with Crippen molar-refractivity contribution >= 4 is 17.6 Å². The summed E-state index contributed by atoms with van der Waals surface area (Å²) < 4.78 is 0. The van der Waals surface area contributed by atoms with Crippen LogP contribution in [0.3, 0.4) is 0 Å². The van der Waals surface area contributed by atoms with Gasteiger partial charge in [-0.25, -0.2) is 0 Å². The van der Waals surface area contributed by atoms with Crippen LogP contribution in [0.5, 0.6) is 0 Å². The molecule has 0 N–H and O–H groups in total. The highest BCUT2D eigenvalue weighted by Gasteiger charge is 2.34. The molecule has 5 nitrogen and oxygen atoms in total. The van der Waals surface area contributed by atoms with E-state index in [1.54, 1.807) is 9.80 Å². The van der Waals surface area contributed by atoms with E-state index in [0.717, 1.165) is 11.1 Å². The van der Waals surface area contributed by atoms with Gasteiger partial charge in [-0.2, -0.15) is 0 Å². The molecular formula is C24H24N2O3. The average Bonchev–Trinajstić information content (AvgIpc) is 2.74. The number of benzene rings is 2. The number of likely N-dealkylation sites (tertiary alicyclic amines) is 2. The molecular weight excluding hydrogens is 364 g/mol. The minimum absolute atomic E-state index is 0.0246. The van der Waals surface area contributed by atoms with Crippen molar-refractivity contribution in [2.75, 3.05) is 13.1 Å². The van der Waals surface area contributed by atoms with Gasteiger partial charge in [0.25, 0.3) is 5.91 Å². The Morgan fingerprint density at radius 1 is 0.690 bits per heavy atom. The molecule has 0 radical (unpaired) electrons. The molecule has 2 fully saturated rings. The molecule has 4 rings (SSSR count). The molecule has 5 heteroatoms. The number of ketones is 1. The standard InChI is InChI=1S/C24H24N2O3/c27-21-12-14-26(17-19-9-5-2-6-10-19)24(29)23(21)20-11-13-25(22(28)15-20)16-18-7-3-1-4-8-18/h1-10H,11-17H2/b23-20+. The lowest BCUT2D eigenvalue weighted by molar-refractivity contribution is -0.134. The highest BCUT2D eigenvalue weighted by Crippen LogP contribution is 2.27. The molecule has 0 aliphatic carbocycles. The third kappa shape index (κ3) is 4.29. The number of rotatable bonds is 4. The zero-order valence-electron chi connectivity index (χ0n) is 16.3. The molecule has 0 atom stereocenters. The van der Waals surface area contributed by atoms with Crippen molar-refractivity contribution < 1.29 is 14.4 Å². The van der Waals surface area contributed by atoms with Crippen LogP contribution in [0.2, 0.25) is 0 Å². The topological polar surface area (TPSA) is 57.7 Å². The van der Waals surface area contributed by atoms with Crippen LogP contribution >= 0.6 is 0 Å². The van der Waals surface area contributed by atoms with Gasteiger partial charge in [0.05, 0.1) is 5.57 Å². The fraction of sp³-hybridized carbons (Fsp3) is 0.292. The summed E-state index contributed by atoms with van der Waals surface area (Å²) in [4.78, 5) is 41.8. The second-order valence-electron chi connectivity index (χ2n) is 7.59. The lowest BCUT2D eigenvalue weighted by Gasteiger charge is -2.33. The van der Waals surface area contributed by atoms with Gasteiger partial charge in [-0.15, -0.1) is 0 Å². The molecule has 29 heavy (non-hydrogen) atoms. The van der Waals surface area contributed by atoms with Crippen LogP contribution < -0.4 is 0 Å². The van der Waals surface area contributed by atoms with E-state index in [2.05, 4.69) is 0 Å². The largest absolute Gasteiger partial charge is 0.338 e. The second-order valence-corrected chi connectivity index (χ2v) is 7.59. The van der Waals surface area contributed by atoms with E-state index in [1.807, 2.05) is 60.7 Å². The van der Waals surface area contributed by atoms with E-state index in [0.29, 0.717) is 44.6 Å². The van der Waals surface area contributed by atoms with E-state index in [9.17, 15) is 14.4 Å². The van der Waals surface area contributed by atoms with Gasteiger partial charge in [-0.05, 0) is 23.1 Å². The fourth-order valence-electron chi connectivity index (χ4n) is 4.01. The summed E-state index contributed by atoms with van der Waals surface area (Å²) in [6, 6.07) is 19.6. The molecule has 2 heterocycles. The lowest BCUT2D eigenvalue weighted by atomic mass is 9.90. The summed E-state index contributed by atoms with van der Waals surface area (Å²) in [5, 5.41) is 0. The van der Waals surface area contributed by atoms with Crippen molar-refractivity contribution in [1.82, 2.24) is 9.80 Å². The van der Waals surface area contributed by atoms with Crippen LogP contribution in [0.15, 0.2) is 71.8 Å². The van der Waals surface area contributed by atoms with Crippen molar-refractivity contribution in [3.8, 4) is 0 Å². The molecule has 0 spiro atoms. The number of nitrogens with zero attached hydrogens (tertiary/aromatic N) is 2. The number of amides is 2. The maximum absolute atomic E-state index is 13.0. The van der Waals surface area contributed by atoms with Crippen LogP contribution in [-0.2, 0) is 27.5 Å². The van der Waals surface area contributed by atoms with E-state index < -0.39 is 0 Å². The lowest BCUT2D eigenvalue weighted by Crippen LogP contribution is -2.43. The van der Waals surface area contributed by atoms with Crippen molar-refractivity contribution in [1.29, 1.82) is 0 Å². The van der Waals surface area contributed by atoms with Crippen molar-refractivity contribution in [3.63, 3.8) is 0 Å². The minimum atomic E-state index is -0.232. The number of hydrogen-bond donors (Lipinski definition) is 0. The van der Waals surface area contributed by atoms with Crippen LogP contribution in [0.4, 0.5) is 0 Å². The first-order valence-corrected chi connectivity index (χ1v) is 10.0. The summed E-state index contributed by atoms with van der Waals surface area (Å²) in [6.45, 7) is 2.01. The Morgan fingerprint density at radius 3 is 1.83 bits per heavy atom. The predicted octanol–water partition coefficient (Wildman–Crippen LogP) is 3.11. The molecule has 148 valence electrons. The first-order chi connectivity index (χ1) is 14.1. The maximum Gasteiger partial charge on any atom is 0.257 e. The Kier molecular flexibility index (Phi) is 5.56. The highest BCUT2D eigenvalue weighted by molar-refractivity contribution is 6.21.